The summed E-state index contributed by atoms with van der Waals surface area (Å²) in [7, 11) is 1.67. The van der Waals surface area contributed by atoms with E-state index >= 15 is 0 Å². The highest BCUT2D eigenvalue weighted by molar-refractivity contribution is 5.94. The summed E-state index contributed by atoms with van der Waals surface area (Å²) in [6.45, 7) is 5.34. The number of hydrogen-bond acceptors (Lipinski definition) is 3. The molecule has 1 atom stereocenters. The smallest absolute Gasteiger partial charge is 0.254 e. The van der Waals surface area contributed by atoms with Crippen LogP contribution in [0.1, 0.15) is 47.8 Å². The van der Waals surface area contributed by atoms with Crippen molar-refractivity contribution in [3.8, 4) is 0 Å². The summed E-state index contributed by atoms with van der Waals surface area (Å²) in [6, 6.07) is 11.7. The van der Waals surface area contributed by atoms with Gasteiger partial charge in [-0.3, -0.25) is 9.78 Å². The third-order valence-corrected chi connectivity index (χ3v) is 3.97. The number of benzene rings is 1. The third kappa shape index (κ3) is 4.17. The summed E-state index contributed by atoms with van der Waals surface area (Å²) in [4.78, 5) is 18.9. The molecule has 0 N–H and O–H groups in total. The minimum atomic E-state index is 0.0557. The van der Waals surface area contributed by atoms with Crippen LogP contribution in [0.25, 0.3) is 0 Å². The molecular formula is C19H24N2O2. The van der Waals surface area contributed by atoms with Crippen LogP contribution in [0, 0.1) is 0 Å². The Morgan fingerprint density at radius 2 is 1.78 bits per heavy atom. The van der Waals surface area contributed by atoms with Gasteiger partial charge < -0.3 is 9.64 Å². The number of ether oxygens (including phenoxy) is 1. The third-order valence-electron chi connectivity index (χ3n) is 3.97. The van der Waals surface area contributed by atoms with E-state index in [1.54, 1.807) is 19.5 Å². The van der Waals surface area contributed by atoms with Gasteiger partial charge >= 0.3 is 0 Å². The van der Waals surface area contributed by atoms with Crippen molar-refractivity contribution in [2.45, 2.75) is 32.9 Å². The quantitative estimate of drug-likeness (QED) is 0.780. The molecule has 0 radical (unpaired) electrons. The van der Waals surface area contributed by atoms with Gasteiger partial charge in [-0.2, -0.15) is 0 Å². The van der Waals surface area contributed by atoms with Gasteiger partial charge in [-0.25, -0.2) is 0 Å². The van der Waals surface area contributed by atoms with Crippen molar-refractivity contribution in [2.24, 2.45) is 0 Å². The molecule has 1 aromatic heterocycles. The van der Waals surface area contributed by atoms with E-state index in [0.717, 1.165) is 17.5 Å². The Kier molecular flexibility index (Phi) is 6.29. The molecule has 0 saturated carbocycles. The van der Waals surface area contributed by atoms with Crippen LogP contribution >= 0.6 is 0 Å². The largest absolute Gasteiger partial charge is 0.380 e. The SMILES string of the molecule is CC[C@H](c1ccncc1)N(CC)C(=O)c1ccc(COC)cc1. The van der Waals surface area contributed by atoms with E-state index in [4.69, 9.17) is 4.74 Å². The van der Waals surface area contributed by atoms with Gasteiger partial charge in [0.15, 0.2) is 0 Å². The number of pyridine rings is 1. The van der Waals surface area contributed by atoms with Crippen molar-refractivity contribution in [2.75, 3.05) is 13.7 Å². The molecule has 4 heteroatoms. The Bertz CT molecular complexity index is 611. The highest BCUT2D eigenvalue weighted by Crippen LogP contribution is 2.25. The second-order valence-corrected chi connectivity index (χ2v) is 5.43. The zero-order valence-corrected chi connectivity index (χ0v) is 14.0. The molecule has 122 valence electrons. The van der Waals surface area contributed by atoms with Crippen LogP contribution in [0.15, 0.2) is 48.8 Å². The first-order valence-corrected chi connectivity index (χ1v) is 8.00. The molecule has 0 fully saturated rings. The van der Waals surface area contributed by atoms with Gasteiger partial charge in [0.1, 0.15) is 0 Å². The van der Waals surface area contributed by atoms with Crippen LogP contribution in [-0.4, -0.2) is 29.4 Å². The van der Waals surface area contributed by atoms with Gasteiger partial charge in [0.05, 0.1) is 12.6 Å². The van der Waals surface area contributed by atoms with Gasteiger partial charge in [0.2, 0.25) is 0 Å². The van der Waals surface area contributed by atoms with Crippen molar-refractivity contribution in [3.63, 3.8) is 0 Å². The zero-order chi connectivity index (χ0) is 16.7. The predicted molar refractivity (Wildman–Crippen MR) is 91.1 cm³/mol. The van der Waals surface area contributed by atoms with E-state index in [1.807, 2.05) is 48.2 Å². The van der Waals surface area contributed by atoms with E-state index in [2.05, 4.69) is 11.9 Å². The lowest BCUT2D eigenvalue weighted by Gasteiger charge is -2.30. The first kappa shape index (κ1) is 17.2. The molecule has 0 bridgehead atoms. The van der Waals surface area contributed by atoms with Gasteiger partial charge in [-0.1, -0.05) is 19.1 Å². The van der Waals surface area contributed by atoms with Crippen LogP contribution in [-0.2, 0) is 11.3 Å². The second-order valence-electron chi connectivity index (χ2n) is 5.43. The molecule has 0 unspecified atom stereocenters. The van der Waals surface area contributed by atoms with E-state index < -0.39 is 0 Å². The molecular weight excluding hydrogens is 288 g/mol. The summed E-state index contributed by atoms with van der Waals surface area (Å²) in [5, 5.41) is 0. The number of rotatable bonds is 7. The van der Waals surface area contributed by atoms with Crippen molar-refractivity contribution in [1.29, 1.82) is 0 Å². The Hall–Kier alpha value is -2.20. The maximum Gasteiger partial charge on any atom is 0.254 e. The average Bonchev–Trinajstić information content (AvgIpc) is 2.60. The van der Waals surface area contributed by atoms with Crippen LogP contribution in [0.3, 0.4) is 0 Å². The molecule has 2 aromatic rings. The molecule has 2 rings (SSSR count). The van der Waals surface area contributed by atoms with E-state index in [-0.39, 0.29) is 11.9 Å². The van der Waals surface area contributed by atoms with E-state index in [1.165, 1.54) is 0 Å². The molecule has 1 heterocycles. The number of hydrogen-bond donors (Lipinski definition) is 0. The van der Waals surface area contributed by atoms with Gasteiger partial charge in [0.25, 0.3) is 5.91 Å². The van der Waals surface area contributed by atoms with Crippen molar-refractivity contribution in [1.82, 2.24) is 9.88 Å². The van der Waals surface area contributed by atoms with Crippen molar-refractivity contribution >= 4 is 5.91 Å². The average molecular weight is 312 g/mol. The molecule has 4 nitrogen and oxygen atoms in total. The van der Waals surface area contributed by atoms with Gasteiger partial charge in [0, 0.05) is 31.6 Å². The zero-order valence-electron chi connectivity index (χ0n) is 14.0. The number of amides is 1. The second kappa shape index (κ2) is 8.44. The summed E-state index contributed by atoms with van der Waals surface area (Å²) in [6.07, 6.45) is 4.41. The first-order chi connectivity index (χ1) is 11.2. The molecule has 0 aliphatic heterocycles. The lowest BCUT2D eigenvalue weighted by atomic mass is 10.0. The Balaban J connectivity index is 2.23. The molecule has 23 heavy (non-hydrogen) atoms. The van der Waals surface area contributed by atoms with Crippen LogP contribution in [0.5, 0.6) is 0 Å². The standard InChI is InChI=1S/C19H24N2O2/c1-4-18(16-10-12-20-13-11-16)21(5-2)19(22)17-8-6-15(7-9-17)14-23-3/h6-13,18H,4-5,14H2,1-3H3/t18-/m1/s1. The Morgan fingerprint density at radius 3 is 2.30 bits per heavy atom. The van der Waals surface area contributed by atoms with Crippen LogP contribution in [0.2, 0.25) is 0 Å². The number of carbonyl (C=O) groups is 1. The number of carbonyl (C=O) groups excluding carboxylic acids is 1. The summed E-state index contributed by atoms with van der Waals surface area (Å²) < 4.78 is 5.11. The molecule has 1 amide bonds. The fraction of sp³-hybridized carbons (Fsp3) is 0.368. The van der Waals surface area contributed by atoms with Gasteiger partial charge in [-0.05, 0) is 48.7 Å². The van der Waals surface area contributed by atoms with Gasteiger partial charge in [-0.15, -0.1) is 0 Å². The lowest BCUT2D eigenvalue weighted by Crippen LogP contribution is -2.34. The fourth-order valence-corrected chi connectivity index (χ4v) is 2.80. The highest BCUT2D eigenvalue weighted by atomic mass is 16.5. The Labute approximate surface area is 138 Å². The Morgan fingerprint density at radius 1 is 1.13 bits per heavy atom. The van der Waals surface area contributed by atoms with Crippen molar-refractivity contribution in [3.05, 3.63) is 65.5 Å². The summed E-state index contributed by atoms with van der Waals surface area (Å²) in [5.41, 5.74) is 2.89. The molecule has 0 aliphatic carbocycles. The van der Waals surface area contributed by atoms with Crippen LogP contribution < -0.4 is 0 Å². The highest BCUT2D eigenvalue weighted by Gasteiger charge is 2.23. The summed E-state index contributed by atoms with van der Waals surface area (Å²) >= 11 is 0. The minimum Gasteiger partial charge on any atom is -0.380 e. The molecule has 0 spiro atoms. The normalized spacial score (nSPS) is 12.0. The number of nitrogens with zero attached hydrogens (tertiary/aromatic N) is 2. The summed E-state index contributed by atoms with van der Waals surface area (Å²) in [5.74, 6) is 0.0557. The lowest BCUT2D eigenvalue weighted by molar-refractivity contribution is 0.0682. The van der Waals surface area contributed by atoms with E-state index in [0.29, 0.717) is 18.7 Å². The van der Waals surface area contributed by atoms with E-state index in [9.17, 15) is 4.79 Å². The molecule has 0 aliphatic rings. The minimum absolute atomic E-state index is 0.0557. The number of methoxy groups -OCH3 is 1. The maximum absolute atomic E-state index is 12.9. The topological polar surface area (TPSA) is 42.4 Å². The fourth-order valence-electron chi connectivity index (χ4n) is 2.80. The molecule has 1 aromatic carbocycles. The van der Waals surface area contributed by atoms with Crippen molar-refractivity contribution < 1.29 is 9.53 Å². The predicted octanol–water partition coefficient (Wildman–Crippen LogP) is 3.84. The maximum atomic E-state index is 12.9. The molecule has 0 saturated heterocycles. The first-order valence-electron chi connectivity index (χ1n) is 8.00. The van der Waals surface area contributed by atoms with Crippen LogP contribution in [0.4, 0.5) is 0 Å². The monoisotopic (exact) mass is 312 g/mol. The number of aromatic nitrogens is 1.